The summed E-state index contributed by atoms with van der Waals surface area (Å²) < 4.78 is 0. The quantitative estimate of drug-likeness (QED) is 0.802. The minimum absolute atomic E-state index is 0.198. The van der Waals surface area contributed by atoms with E-state index in [1.54, 1.807) is 12.1 Å². The number of benzene rings is 1. The van der Waals surface area contributed by atoms with Gasteiger partial charge >= 0.3 is 5.97 Å². The third kappa shape index (κ3) is 2.82. The van der Waals surface area contributed by atoms with Crippen molar-refractivity contribution < 1.29 is 9.90 Å². The Labute approximate surface area is 87.0 Å². The first-order valence-electron chi connectivity index (χ1n) is 4.29. The van der Waals surface area contributed by atoms with Gasteiger partial charge in [-0.3, -0.25) is 0 Å². The molecule has 0 aliphatic heterocycles. The monoisotopic (exact) mass is 200 g/mol. The van der Waals surface area contributed by atoms with Crippen LogP contribution in [0.15, 0.2) is 24.3 Å². The molecule has 1 N–H and O–H groups in total. The van der Waals surface area contributed by atoms with Crippen LogP contribution in [0.3, 0.4) is 0 Å². The number of carbonyl (C=O) groups is 1. The SMILES string of the molecule is N#CC(C#N)Cc1ccc(C(=O)O)cc1. The second-order valence-corrected chi connectivity index (χ2v) is 3.02. The second-order valence-electron chi connectivity index (χ2n) is 3.02. The maximum absolute atomic E-state index is 10.5. The van der Waals surface area contributed by atoms with Crippen molar-refractivity contribution in [2.24, 2.45) is 5.92 Å². The topological polar surface area (TPSA) is 84.9 Å². The average Bonchev–Trinajstić information content (AvgIpc) is 2.26. The minimum atomic E-state index is -0.987. The van der Waals surface area contributed by atoms with E-state index in [-0.39, 0.29) is 5.56 Å². The number of rotatable bonds is 3. The van der Waals surface area contributed by atoms with Crippen molar-refractivity contribution in [2.75, 3.05) is 0 Å². The molecule has 1 rings (SSSR count). The highest BCUT2D eigenvalue weighted by Gasteiger charge is 2.07. The van der Waals surface area contributed by atoms with E-state index >= 15 is 0 Å². The Hall–Kier alpha value is -2.33. The maximum atomic E-state index is 10.5. The third-order valence-electron chi connectivity index (χ3n) is 1.95. The first-order valence-corrected chi connectivity index (χ1v) is 4.29. The Morgan fingerprint density at radius 1 is 1.27 bits per heavy atom. The van der Waals surface area contributed by atoms with Crippen LogP contribution in [0.2, 0.25) is 0 Å². The molecule has 4 heteroatoms. The highest BCUT2D eigenvalue weighted by Crippen LogP contribution is 2.09. The maximum Gasteiger partial charge on any atom is 0.335 e. The van der Waals surface area contributed by atoms with Crippen molar-refractivity contribution in [1.82, 2.24) is 0 Å². The summed E-state index contributed by atoms with van der Waals surface area (Å²) in [5, 5.41) is 25.8. The van der Waals surface area contributed by atoms with Gasteiger partial charge < -0.3 is 5.11 Å². The fraction of sp³-hybridized carbons (Fsp3) is 0.182. The summed E-state index contributed by atoms with van der Waals surface area (Å²) in [5.74, 6) is -1.67. The molecule has 0 aliphatic carbocycles. The van der Waals surface area contributed by atoms with E-state index in [0.29, 0.717) is 6.42 Å². The lowest BCUT2D eigenvalue weighted by Crippen LogP contribution is -2.00. The van der Waals surface area contributed by atoms with Crippen LogP contribution in [0.25, 0.3) is 0 Å². The highest BCUT2D eigenvalue weighted by molar-refractivity contribution is 5.87. The van der Waals surface area contributed by atoms with Gasteiger partial charge in [-0.05, 0) is 17.7 Å². The van der Waals surface area contributed by atoms with Gasteiger partial charge in [-0.15, -0.1) is 0 Å². The first kappa shape index (κ1) is 10.7. The fourth-order valence-corrected chi connectivity index (χ4v) is 1.14. The molecular formula is C11H8N2O2. The highest BCUT2D eigenvalue weighted by atomic mass is 16.4. The molecule has 1 aromatic rings. The summed E-state index contributed by atoms with van der Waals surface area (Å²) in [6.07, 6.45) is 0.326. The molecule has 1 aromatic carbocycles. The van der Waals surface area contributed by atoms with E-state index in [0.717, 1.165) is 5.56 Å². The number of carboxylic acids is 1. The molecule has 0 saturated carbocycles. The van der Waals surface area contributed by atoms with Crippen LogP contribution >= 0.6 is 0 Å². The molecule has 74 valence electrons. The lowest BCUT2D eigenvalue weighted by molar-refractivity contribution is 0.0697. The van der Waals surface area contributed by atoms with Gasteiger partial charge in [-0.1, -0.05) is 12.1 Å². The lowest BCUT2D eigenvalue weighted by atomic mass is 10.0. The standard InChI is InChI=1S/C11H8N2O2/c12-6-9(7-13)5-8-1-3-10(4-2-8)11(14)15/h1-4,9H,5H2,(H,14,15). The molecule has 4 nitrogen and oxygen atoms in total. The number of hydrogen-bond acceptors (Lipinski definition) is 3. The van der Waals surface area contributed by atoms with Crippen LogP contribution in [-0.2, 0) is 6.42 Å². The normalized spacial score (nSPS) is 9.27. The fourth-order valence-electron chi connectivity index (χ4n) is 1.14. The van der Waals surface area contributed by atoms with E-state index in [2.05, 4.69) is 0 Å². The Morgan fingerprint density at radius 3 is 2.20 bits per heavy atom. The lowest BCUT2D eigenvalue weighted by Gasteiger charge is -2.01. The van der Waals surface area contributed by atoms with Crippen molar-refractivity contribution in [3.8, 4) is 12.1 Å². The molecule has 0 bridgehead atoms. The predicted molar refractivity (Wildman–Crippen MR) is 51.8 cm³/mol. The summed E-state index contributed by atoms with van der Waals surface area (Å²) in [5.41, 5.74) is 0.984. The summed E-state index contributed by atoms with van der Waals surface area (Å²) >= 11 is 0. The van der Waals surface area contributed by atoms with Crippen LogP contribution in [0.5, 0.6) is 0 Å². The van der Waals surface area contributed by atoms with E-state index in [1.807, 2.05) is 12.1 Å². The van der Waals surface area contributed by atoms with E-state index in [1.165, 1.54) is 12.1 Å². The zero-order valence-corrected chi connectivity index (χ0v) is 7.84. The largest absolute Gasteiger partial charge is 0.478 e. The summed E-state index contributed by atoms with van der Waals surface area (Å²) in [6, 6.07) is 9.88. The number of aromatic carboxylic acids is 1. The van der Waals surface area contributed by atoms with Gasteiger partial charge in [0, 0.05) is 6.42 Å². The number of nitriles is 2. The Morgan fingerprint density at radius 2 is 1.80 bits per heavy atom. The van der Waals surface area contributed by atoms with Crippen LogP contribution < -0.4 is 0 Å². The number of nitrogens with zero attached hydrogens (tertiary/aromatic N) is 2. The van der Waals surface area contributed by atoms with Gasteiger partial charge in [0.25, 0.3) is 0 Å². The zero-order chi connectivity index (χ0) is 11.3. The van der Waals surface area contributed by atoms with Gasteiger partial charge in [-0.2, -0.15) is 10.5 Å². The first-order chi connectivity index (χ1) is 7.17. The Kier molecular flexibility index (Phi) is 3.43. The second kappa shape index (κ2) is 4.78. The van der Waals surface area contributed by atoms with Gasteiger partial charge in [-0.25, -0.2) is 4.79 Å². The number of hydrogen-bond donors (Lipinski definition) is 1. The van der Waals surface area contributed by atoms with Crippen LogP contribution in [0.1, 0.15) is 15.9 Å². The average molecular weight is 200 g/mol. The molecule has 0 aliphatic rings. The number of carboxylic acid groups (broad SMARTS) is 1. The molecule has 0 unspecified atom stereocenters. The van der Waals surface area contributed by atoms with E-state index in [9.17, 15) is 4.79 Å². The predicted octanol–water partition coefficient (Wildman–Crippen LogP) is 1.59. The summed E-state index contributed by atoms with van der Waals surface area (Å²) in [6.45, 7) is 0. The third-order valence-corrected chi connectivity index (χ3v) is 1.95. The van der Waals surface area contributed by atoms with Crippen LogP contribution in [0, 0.1) is 28.6 Å². The molecule has 0 saturated heterocycles. The van der Waals surface area contributed by atoms with Crippen molar-refractivity contribution in [2.45, 2.75) is 6.42 Å². The molecule has 0 heterocycles. The van der Waals surface area contributed by atoms with Gasteiger partial charge in [0.1, 0.15) is 5.92 Å². The van der Waals surface area contributed by atoms with Crippen molar-refractivity contribution in [3.63, 3.8) is 0 Å². The minimum Gasteiger partial charge on any atom is -0.478 e. The molecule has 15 heavy (non-hydrogen) atoms. The molecule has 0 atom stereocenters. The van der Waals surface area contributed by atoms with Crippen LogP contribution in [0.4, 0.5) is 0 Å². The van der Waals surface area contributed by atoms with Gasteiger partial charge in [0.15, 0.2) is 0 Å². The molecule has 0 fully saturated rings. The van der Waals surface area contributed by atoms with Gasteiger partial charge in [0.2, 0.25) is 0 Å². The van der Waals surface area contributed by atoms with E-state index in [4.69, 9.17) is 15.6 Å². The molecule has 0 radical (unpaired) electrons. The summed E-state index contributed by atoms with van der Waals surface area (Å²) in [4.78, 5) is 10.5. The smallest absolute Gasteiger partial charge is 0.335 e. The molecular weight excluding hydrogens is 192 g/mol. The Bertz CT molecular complexity index is 423. The van der Waals surface area contributed by atoms with Crippen molar-refractivity contribution >= 4 is 5.97 Å². The van der Waals surface area contributed by atoms with E-state index < -0.39 is 11.9 Å². The van der Waals surface area contributed by atoms with Crippen molar-refractivity contribution in [3.05, 3.63) is 35.4 Å². The Balaban J connectivity index is 2.78. The molecule has 0 spiro atoms. The molecule has 0 aromatic heterocycles. The molecule has 0 amide bonds. The van der Waals surface area contributed by atoms with Crippen molar-refractivity contribution in [1.29, 1.82) is 10.5 Å². The summed E-state index contributed by atoms with van der Waals surface area (Å²) in [7, 11) is 0. The zero-order valence-electron chi connectivity index (χ0n) is 7.84. The van der Waals surface area contributed by atoms with Gasteiger partial charge in [0.05, 0.1) is 17.7 Å². The van der Waals surface area contributed by atoms with Crippen LogP contribution in [-0.4, -0.2) is 11.1 Å².